The van der Waals surface area contributed by atoms with E-state index in [9.17, 15) is 4.79 Å². The Morgan fingerprint density at radius 3 is 2.75 bits per heavy atom. The first-order chi connectivity index (χ1) is 9.56. The van der Waals surface area contributed by atoms with Crippen LogP contribution >= 0.6 is 34.2 Å². The molecular weight excluding hydrogens is 387 g/mol. The predicted molar refractivity (Wildman–Crippen MR) is 94.1 cm³/mol. The fraction of sp³-hybridized carbons (Fsp3) is 0.533. The van der Waals surface area contributed by atoms with Crippen LogP contribution in [0.25, 0.3) is 0 Å². The highest BCUT2D eigenvalue weighted by molar-refractivity contribution is 14.1. The number of nitrogens with one attached hydrogen (secondary N) is 1. The van der Waals surface area contributed by atoms with Gasteiger partial charge in [-0.3, -0.25) is 4.79 Å². The minimum Gasteiger partial charge on any atom is -0.330 e. The molecule has 5 heteroatoms. The Hall–Kier alpha value is -0.330. The van der Waals surface area contributed by atoms with E-state index in [0.29, 0.717) is 29.6 Å². The van der Waals surface area contributed by atoms with Crippen molar-refractivity contribution in [1.82, 2.24) is 0 Å². The Morgan fingerprint density at radius 1 is 1.40 bits per heavy atom. The SMILES string of the molecule is CCCC(CCN)CCC(=O)Nc1ccc(I)cc1Cl. The molecule has 0 aliphatic heterocycles. The van der Waals surface area contributed by atoms with Gasteiger partial charge in [-0.2, -0.15) is 0 Å². The van der Waals surface area contributed by atoms with Crippen molar-refractivity contribution in [2.45, 2.75) is 39.0 Å². The topological polar surface area (TPSA) is 55.1 Å². The van der Waals surface area contributed by atoms with E-state index in [-0.39, 0.29) is 5.91 Å². The standard InChI is InChI=1S/C15H22ClIN2O/c1-2-3-11(8-9-18)4-7-15(20)19-14-6-5-12(17)10-13(14)16/h5-6,10-11H,2-4,7-9,18H2,1H3,(H,19,20). The molecule has 0 aliphatic rings. The van der Waals surface area contributed by atoms with Crippen LogP contribution < -0.4 is 11.1 Å². The van der Waals surface area contributed by atoms with Crippen LogP contribution in [0.4, 0.5) is 5.69 Å². The molecule has 0 saturated heterocycles. The van der Waals surface area contributed by atoms with E-state index in [4.69, 9.17) is 17.3 Å². The van der Waals surface area contributed by atoms with Gasteiger partial charge in [-0.1, -0.05) is 31.4 Å². The van der Waals surface area contributed by atoms with E-state index in [1.165, 1.54) is 0 Å². The predicted octanol–water partition coefficient (Wildman–Crippen LogP) is 4.43. The summed E-state index contributed by atoms with van der Waals surface area (Å²) in [6.45, 7) is 2.85. The molecule has 112 valence electrons. The molecule has 0 aromatic heterocycles. The number of nitrogens with two attached hydrogens (primary N) is 1. The summed E-state index contributed by atoms with van der Waals surface area (Å²) in [6.07, 6.45) is 4.67. The molecule has 0 fully saturated rings. The van der Waals surface area contributed by atoms with Crippen LogP contribution in [0.3, 0.4) is 0 Å². The van der Waals surface area contributed by atoms with Gasteiger partial charge in [-0.05, 0) is 66.1 Å². The van der Waals surface area contributed by atoms with Crippen LogP contribution in [-0.4, -0.2) is 12.5 Å². The van der Waals surface area contributed by atoms with Gasteiger partial charge in [0.1, 0.15) is 0 Å². The second kappa shape index (κ2) is 9.58. The van der Waals surface area contributed by atoms with Gasteiger partial charge in [0, 0.05) is 9.99 Å². The monoisotopic (exact) mass is 408 g/mol. The Kier molecular flexibility index (Phi) is 8.49. The average molecular weight is 409 g/mol. The number of carbonyl (C=O) groups is 1. The minimum absolute atomic E-state index is 0.0197. The van der Waals surface area contributed by atoms with Crippen molar-refractivity contribution in [3.8, 4) is 0 Å². The molecular formula is C15H22ClIN2O. The van der Waals surface area contributed by atoms with Crippen LogP contribution in [0.5, 0.6) is 0 Å². The van der Waals surface area contributed by atoms with Gasteiger partial charge in [0.2, 0.25) is 5.91 Å². The van der Waals surface area contributed by atoms with Gasteiger partial charge >= 0.3 is 0 Å². The van der Waals surface area contributed by atoms with Crippen molar-refractivity contribution in [1.29, 1.82) is 0 Å². The summed E-state index contributed by atoms with van der Waals surface area (Å²) >= 11 is 8.29. The molecule has 1 aromatic rings. The van der Waals surface area contributed by atoms with Crippen molar-refractivity contribution in [2.75, 3.05) is 11.9 Å². The van der Waals surface area contributed by atoms with Gasteiger partial charge in [0.15, 0.2) is 0 Å². The summed E-state index contributed by atoms with van der Waals surface area (Å²) in [5.74, 6) is 0.564. The molecule has 1 atom stereocenters. The first-order valence-electron chi connectivity index (χ1n) is 7.01. The van der Waals surface area contributed by atoms with Crippen molar-refractivity contribution in [2.24, 2.45) is 11.7 Å². The van der Waals surface area contributed by atoms with Crippen LogP contribution in [0.15, 0.2) is 18.2 Å². The number of carbonyl (C=O) groups excluding carboxylic acids is 1. The van der Waals surface area contributed by atoms with Gasteiger partial charge < -0.3 is 11.1 Å². The van der Waals surface area contributed by atoms with Crippen molar-refractivity contribution >= 4 is 45.8 Å². The first-order valence-corrected chi connectivity index (χ1v) is 8.47. The smallest absolute Gasteiger partial charge is 0.224 e. The molecule has 1 rings (SSSR count). The molecule has 0 bridgehead atoms. The lowest BCUT2D eigenvalue weighted by Gasteiger charge is -2.15. The summed E-state index contributed by atoms with van der Waals surface area (Å²) in [7, 11) is 0. The number of hydrogen-bond donors (Lipinski definition) is 2. The van der Waals surface area contributed by atoms with E-state index in [2.05, 4.69) is 34.8 Å². The lowest BCUT2D eigenvalue weighted by molar-refractivity contribution is -0.116. The highest BCUT2D eigenvalue weighted by Gasteiger charge is 2.11. The van der Waals surface area contributed by atoms with Gasteiger partial charge in [-0.25, -0.2) is 0 Å². The van der Waals surface area contributed by atoms with Gasteiger partial charge in [0.25, 0.3) is 0 Å². The van der Waals surface area contributed by atoms with Gasteiger partial charge in [-0.15, -0.1) is 0 Å². The third-order valence-corrected chi connectivity index (χ3v) is 4.24. The average Bonchev–Trinajstić information content (AvgIpc) is 2.40. The summed E-state index contributed by atoms with van der Waals surface area (Å²) in [5, 5.41) is 3.45. The number of anilines is 1. The van der Waals surface area contributed by atoms with Crippen LogP contribution in [-0.2, 0) is 4.79 Å². The Balaban J connectivity index is 2.46. The number of hydrogen-bond acceptors (Lipinski definition) is 2. The summed E-state index contributed by atoms with van der Waals surface area (Å²) in [6, 6.07) is 5.60. The molecule has 1 amide bonds. The maximum absolute atomic E-state index is 12.0. The lowest BCUT2D eigenvalue weighted by atomic mass is 9.94. The third-order valence-electron chi connectivity index (χ3n) is 3.26. The second-order valence-electron chi connectivity index (χ2n) is 4.94. The number of rotatable bonds is 8. The minimum atomic E-state index is 0.0197. The lowest BCUT2D eigenvalue weighted by Crippen LogP contribution is -2.15. The number of halogens is 2. The zero-order valence-corrected chi connectivity index (χ0v) is 14.7. The molecule has 3 N–H and O–H groups in total. The third kappa shape index (κ3) is 6.41. The zero-order valence-electron chi connectivity index (χ0n) is 11.8. The quantitative estimate of drug-likeness (QED) is 0.625. The van der Waals surface area contributed by atoms with E-state index in [0.717, 1.165) is 29.3 Å². The molecule has 3 nitrogen and oxygen atoms in total. The van der Waals surface area contributed by atoms with E-state index in [1.807, 2.05) is 18.2 Å². The molecule has 1 unspecified atom stereocenters. The summed E-state index contributed by atoms with van der Waals surface area (Å²) in [4.78, 5) is 12.0. The molecule has 0 aliphatic carbocycles. The summed E-state index contributed by atoms with van der Waals surface area (Å²) in [5.41, 5.74) is 6.29. The molecule has 0 saturated carbocycles. The zero-order chi connectivity index (χ0) is 15.0. The fourth-order valence-electron chi connectivity index (χ4n) is 2.22. The van der Waals surface area contributed by atoms with Crippen LogP contribution in [0, 0.1) is 9.49 Å². The fourth-order valence-corrected chi connectivity index (χ4v) is 3.12. The summed E-state index contributed by atoms with van der Waals surface area (Å²) < 4.78 is 1.05. The number of amides is 1. The van der Waals surface area contributed by atoms with E-state index < -0.39 is 0 Å². The Labute approximate surface area is 139 Å². The van der Waals surface area contributed by atoms with Gasteiger partial charge in [0.05, 0.1) is 10.7 Å². The molecule has 1 aromatic carbocycles. The van der Waals surface area contributed by atoms with Crippen molar-refractivity contribution < 1.29 is 4.79 Å². The molecule has 0 radical (unpaired) electrons. The Bertz CT molecular complexity index is 434. The highest BCUT2D eigenvalue weighted by Crippen LogP contribution is 2.24. The van der Waals surface area contributed by atoms with E-state index >= 15 is 0 Å². The van der Waals surface area contributed by atoms with Crippen LogP contribution in [0.1, 0.15) is 39.0 Å². The van der Waals surface area contributed by atoms with Crippen molar-refractivity contribution in [3.63, 3.8) is 0 Å². The van der Waals surface area contributed by atoms with E-state index in [1.54, 1.807) is 0 Å². The van der Waals surface area contributed by atoms with Crippen LogP contribution in [0.2, 0.25) is 5.02 Å². The molecule has 0 spiro atoms. The second-order valence-corrected chi connectivity index (χ2v) is 6.60. The Morgan fingerprint density at radius 2 is 2.15 bits per heavy atom. The molecule has 20 heavy (non-hydrogen) atoms. The largest absolute Gasteiger partial charge is 0.330 e. The highest BCUT2D eigenvalue weighted by atomic mass is 127. The normalized spacial score (nSPS) is 12.2. The maximum atomic E-state index is 12.0. The van der Waals surface area contributed by atoms with Crippen molar-refractivity contribution in [3.05, 3.63) is 26.8 Å². The maximum Gasteiger partial charge on any atom is 0.224 e. The first kappa shape index (κ1) is 17.7. The molecule has 0 heterocycles. The number of benzene rings is 1.